The first-order valence-corrected chi connectivity index (χ1v) is 19.4. The molecule has 270 valence electrons. The van der Waals surface area contributed by atoms with Gasteiger partial charge in [0.05, 0.1) is 56.1 Å². The van der Waals surface area contributed by atoms with Crippen molar-refractivity contribution in [3.63, 3.8) is 0 Å². The van der Waals surface area contributed by atoms with Crippen LogP contribution in [0.4, 0.5) is 0 Å². The molecule has 0 saturated carbocycles. The van der Waals surface area contributed by atoms with Crippen LogP contribution in [-0.2, 0) is 14.1 Å². The summed E-state index contributed by atoms with van der Waals surface area (Å²) >= 11 is 0. The predicted octanol–water partition coefficient (Wildman–Crippen LogP) is 12.6. The number of benzene rings is 8. The fourth-order valence-electron chi connectivity index (χ4n) is 9.98. The fraction of sp³-hybridized carbons (Fsp3) is 0.0385. The number of hydrogen-bond acceptors (Lipinski definition) is 2. The van der Waals surface area contributed by atoms with Crippen molar-refractivity contribution < 1.29 is 0 Å². The molecule has 0 aliphatic heterocycles. The average Bonchev–Trinajstić information content (AvgIpc) is 3.98. The van der Waals surface area contributed by atoms with Crippen LogP contribution in [-0.4, -0.2) is 18.3 Å². The van der Waals surface area contributed by atoms with Crippen molar-refractivity contribution >= 4 is 87.2 Å². The minimum atomic E-state index is 0.541. The number of rotatable bonds is 3. The monoisotopic (exact) mass is 740 g/mol. The maximum Gasteiger partial charge on any atom is 0.104 e. The molecule has 58 heavy (non-hydrogen) atoms. The van der Waals surface area contributed by atoms with Gasteiger partial charge in [0, 0.05) is 73.8 Å². The fourth-order valence-corrected chi connectivity index (χ4v) is 9.98. The molecule has 12 rings (SSSR count). The van der Waals surface area contributed by atoms with E-state index >= 15 is 0 Å². The van der Waals surface area contributed by atoms with Crippen LogP contribution >= 0.6 is 0 Å². The van der Waals surface area contributed by atoms with Gasteiger partial charge in [-0.25, -0.2) is 0 Å². The average molecular weight is 741 g/mol. The molecule has 0 aliphatic rings. The number of nitrogens with zero attached hydrogens (tertiary/aromatic N) is 6. The number of hydrogen-bond donors (Lipinski definition) is 0. The van der Waals surface area contributed by atoms with Gasteiger partial charge in [-0.2, -0.15) is 10.5 Å². The van der Waals surface area contributed by atoms with Crippen molar-refractivity contribution in [2.24, 2.45) is 14.1 Å². The van der Waals surface area contributed by atoms with Gasteiger partial charge in [0.1, 0.15) is 11.6 Å². The smallest absolute Gasteiger partial charge is 0.104 e. The highest BCUT2D eigenvalue weighted by molar-refractivity contribution is 6.27. The van der Waals surface area contributed by atoms with Crippen LogP contribution in [0.5, 0.6) is 0 Å². The van der Waals surface area contributed by atoms with Crippen molar-refractivity contribution in [2.45, 2.75) is 0 Å². The first-order chi connectivity index (χ1) is 28.6. The Morgan fingerprint density at radius 2 is 0.931 bits per heavy atom. The van der Waals surface area contributed by atoms with Gasteiger partial charge in [-0.1, -0.05) is 103 Å². The molecule has 0 radical (unpaired) electrons. The second-order valence-corrected chi connectivity index (χ2v) is 15.2. The van der Waals surface area contributed by atoms with E-state index in [2.05, 4.69) is 178 Å². The molecule has 6 heteroatoms. The van der Waals surface area contributed by atoms with Crippen molar-refractivity contribution in [2.75, 3.05) is 0 Å². The molecule has 0 saturated heterocycles. The van der Waals surface area contributed by atoms with Crippen LogP contribution in [0.3, 0.4) is 0 Å². The molecule has 4 aromatic heterocycles. The summed E-state index contributed by atoms with van der Waals surface area (Å²) in [6.45, 7) is 0. The molecule has 0 amide bonds. The summed E-state index contributed by atoms with van der Waals surface area (Å²) in [7, 11) is 4.25. The Bertz CT molecular complexity index is 3850. The van der Waals surface area contributed by atoms with E-state index in [1.54, 1.807) is 0 Å². The third kappa shape index (κ3) is 4.08. The molecular formula is C52H32N6. The normalized spacial score (nSPS) is 11.9. The van der Waals surface area contributed by atoms with Gasteiger partial charge in [0.25, 0.3) is 0 Å². The second kappa shape index (κ2) is 11.7. The van der Waals surface area contributed by atoms with E-state index in [1.807, 2.05) is 24.3 Å². The molecular weight excluding hydrogens is 709 g/mol. The lowest BCUT2D eigenvalue weighted by atomic mass is 9.96. The molecule has 0 unspecified atom stereocenters. The van der Waals surface area contributed by atoms with E-state index in [0.29, 0.717) is 11.1 Å². The summed E-state index contributed by atoms with van der Waals surface area (Å²) in [5.74, 6) is 0. The molecule has 12 aromatic rings. The molecule has 0 aliphatic carbocycles. The van der Waals surface area contributed by atoms with Gasteiger partial charge in [-0.15, -0.1) is 0 Å². The van der Waals surface area contributed by atoms with Crippen LogP contribution < -0.4 is 0 Å². The van der Waals surface area contributed by atoms with Gasteiger partial charge in [-0.05, 0) is 60.2 Å². The predicted molar refractivity (Wildman–Crippen MR) is 238 cm³/mol. The Morgan fingerprint density at radius 3 is 1.50 bits per heavy atom. The van der Waals surface area contributed by atoms with E-state index < -0.39 is 0 Å². The van der Waals surface area contributed by atoms with E-state index in [9.17, 15) is 10.5 Å². The highest BCUT2D eigenvalue weighted by Gasteiger charge is 2.27. The summed E-state index contributed by atoms with van der Waals surface area (Å²) < 4.78 is 9.18. The lowest BCUT2D eigenvalue weighted by Crippen LogP contribution is -2.06. The number of nitriles is 2. The highest BCUT2D eigenvalue weighted by atomic mass is 15.0. The number of para-hydroxylation sites is 4. The molecule has 0 fully saturated rings. The highest BCUT2D eigenvalue weighted by Crippen LogP contribution is 2.46. The Kier molecular flexibility index (Phi) is 6.51. The Hall–Kier alpha value is -8.06. The van der Waals surface area contributed by atoms with Gasteiger partial charge in [0.15, 0.2) is 0 Å². The van der Waals surface area contributed by atoms with Gasteiger partial charge >= 0.3 is 0 Å². The number of fused-ring (bicyclic) bond motifs is 14. The van der Waals surface area contributed by atoms with Gasteiger partial charge in [0.2, 0.25) is 0 Å². The van der Waals surface area contributed by atoms with E-state index in [0.717, 1.165) is 104 Å². The molecule has 0 atom stereocenters. The van der Waals surface area contributed by atoms with E-state index in [-0.39, 0.29) is 0 Å². The van der Waals surface area contributed by atoms with Crippen molar-refractivity contribution in [3.8, 4) is 34.6 Å². The zero-order valence-corrected chi connectivity index (χ0v) is 31.7. The van der Waals surface area contributed by atoms with Crippen LogP contribution in [0.25, 0.3) is 110 Å². The summed E-state index contributed by atoms with van der Waals surface area (Å²) in [6.07, 6.45) is 0. The van der Waals surface area contributed by atoms with Crippen molar-refractivity contribution in [1.82, 2.24) is 18.3 Å². The Balaban J connectivity index is 1.33. The standard InChI is InChI=1S/C52H32N6/c1-55-41-18-7-5-16-38(41)48-46(55)26-23-36-34-14-3-9-20-43(34)57(51(36)48)45-25-22-33(32-13-11-12-31(28-32)29-53)50(40(45)30-54)58-44-21-10-4-15-35(44)37-24-27-47-49(52(37)58)39-17-6-8-19-42(39)56(47)2/h3-28H,1-2H3. The van der Waals surface area contributed by atoms with Crippen LogP contribution in [0, 0.1) is 22.7 Å². The zero-order chi connectivity index (χ0) is 38.8. The summed E-state index contributed by atoms with van der Waals surface area (Å²) in [5.41, 5.74) is 13.1. The lowest BCUT2D eigenvalue weighted by Gasteiger charge is -2.20. The maximum absolute atomic E-state index is 11.8. The van der Waals surface area contributed by atoms with Gasteiger partial charge < -0.3 is 18.3 Å². The topological polar surface area (TPSA) is 67.3 Å². The summed E-state index contributed by atoms with van der Waals surface area (Å²) in [6, 6.07) is 60.2. The molecule has 4 heterocycles. The maximum atomic E-state index is 11.8. The quantitative estimate of drug-likeness (QED) is 0.181. The Labute approximate surface area is 332 Å². The molecule has 6 nitrogen and oxygen atoms in total. The third-order valence-corrected chi connectivity index (χ3v) is 12.5. The molecule has 8 aromatic carbocycles. The first-order valence-electron chi connectivity index (χ1n) is 19.4. The minimum Gasteiger partial charge on any atom is -0.344 e. The second-order valence-electron chi connectivity index (χ2n) is 15.2. The molecule has 0 spiro atoms. The number of aromatic nitrogens is 4. The van der Waals surface area contributed by atoms with Crippen molar-refractivity contribution in [3.05, 3.63) is 169 Å². The molecule has 0 N–H and O–H groups in total. The van der Waals surface area contributed by atoms with E-state index in [1.165, 1.54) is 5.39 Å². The Morgan fingerprint density at radius 1 is 0.414 bits per heavy atom. The van der Waals surface area contributed by atoms with Crippen molar-refractivity contribution in [1.29, 1.82) is 10.5 Å². The summed E-state index contributed by atoms with van der Waals surface area (Å²) in [4.78, 5) is 0. The third-order valence-electron chi connectivity index (χ3n) is 12.5. The SMILES string of the molecule is Cn1c2ccccc2c2c1ccc1c3ccccc3n(-c3ccc(-c4cccc(C#N)c4)c(-n4c5ccccc5c5ccc6c(c7ccccc7n6C)c54)c3C#N)c12. The lowest BCUT2D eigenvalue weighted by molar-refractivity contribution is 1.01. The first kappa shape index (κ1) is 32.2. The van der Waals surface area contributed by atoms with Gasteiger partial charge in [-0.3, -0.25) is 0 Å². The molecule has 0 bridgehead atoms. The van der Waals surface area contributed by atoms with Crippen LogP contribution in [0.2, 0.25) is 0 Å². The zero-order valence-electron chi connectivity index (χ0n) is 31.7. The van der Waals surface area contributed by atoms with Crippen LogP contribution in [0.15, 0.2) is 158 Å². The summed E-state index contributed by atoms with van der Waals surface area (Å²) in [5, 5.41) is 31.0. The van der Waals surface area contributed by atoms with E-state index in [4.69, 9.17) is 0 Å². The largest absolute Gasteiger partial charge is 0.344 e. The minimum absolute atomic E-state index is 0.541. The number of aryl methyl sites for hydroxylation is 2. The van der Waals surface area contributed by atoms with Crippen LogP contribution in [0.1, 0.15) is 11.1 Å².